The molecule has 2 aromatic carbocycles. The van der Waals surface area contributed by atoms with Crippen LogP contribution in [0.1, 0.15) is 46.3 Å². The Kier molecular flexibility index (Phi) is 6.18. The molecule has 0 spiro atoms. The van der Waals surface area contributed by atoms with Crippen molar-refractivity contribution < 1.29 is 27.1 Å². The van der Waals surface area contributed by atoms with Crippen LogP contribution in [0.3, 0.4) is 0 Å². The monoisotopic (exact) mass is 492 g/mol. The summed E-state index contributed by atoms with van der Waals surface area (Å²) < 4.78 is 49.4. The molecule has 2 heterocycles. The molecule has 2 aromatic heterocycles. The third-order valence-corrected chi connectivity index (χ3v) is 6.71. The Balaban J connectivity index is 1.74. The molecule has 0 saturated heterocycles. The van der Waals surface area contributed by atoms with Crippen LogP contribution < -0.4 is 20.7 Å². The maximum absolute atomic E-state index is 13.8. The number of ether oxygens (including phenoxy) is 2. The van der Waals surface area contributed by atoms with Crippen molar-refractivity contribution in [1.82, 2.24) is 0 Å². The van der Waals surface area contributed by atoms with E-state index in [9.17, 15) is 18.4 Å². The number of hydrogen-bond donors (Lipinski definition) is 0. The van der Waals surface area contributed by atoms with E-state index in [1.54, 1.807) is 36.4 Å². The maximum Gasteiger partial charge on any atom is 0.339 e. The lowest BCUT2D eigenvalue weighted by Gasteiger charge is -2.51. The highest BCUT2D eigenvalue weighted by molar-refractivity contribution is 5.46. The molecule has 0 N–H and O–H groups in total. The minimum atomic E-state index is -0.587. The molecule has 0 aliphatic heterocycles. The van der Waals surface area contributed by atoms with Crippen LogP contribution in [0.2, 0.25) is 0 Å². The SMILES string of the molecule is COc1cc(C2C(c3ccc(F)cc3)C(c3cc(OC)cc(=O)o3)C2c2ccc(F)cc2)oc(=O)c1. The van der Waals surface area contributed by atoms with Crippen LogP contribution in [0, 0.1) is 11.6 Å². The number of halogens is 2. The molecule has 0 amide bonds. The largest absolute Gasteiger partial charge is 0.496 e. The molecular formula is C28H22F2O6. The average molecular weight is 492 g/mol. The summed E-state index contributed by atoms with van der Waals surface area (Å²) in [5, 5.41) is 0. The van der Waals surface area contributed by atoms with Crippen molar-refractivity contribution in [3.8, 4) is 11.5 Å². The van der Waals surface area contributed by atoms with Gasteiger partial charge in [-0.25, -0.2) is 18.4 Å². The molecule has 0 bridgehead atoms. The fourth-order valence-corrected chi connectivity index (χ4v) is 5.17. The van der Waals surface area contributed by atoms with Crippen molar-refractivity contribution in [3.05, 3.63) is 128 Å². The molecule has 6 nitrogen and oxygen atoms in total. The fraction of sp³-hybridized carbons (Fsp3) is 0.214. The fourth-order valence-electron chi connectivity index (χ4n) is 5.17. The minimum absolute atomic E-state index is 0.327. The average Bonchev–Trinajstić information content (AvgIpc) is 2.85. The Bertz CT molecular complexity index is 1370. The van der Waals surface area contributed by atoms with Gasteiger partial charge in [-0.1, -0.05) is 24.3 Å². The normalized spacial score (nSPS) is 21.0. The van der Waals surface area contributed by atoms with Gasteiger partial charge in [-0.2, -0.15) is 0 Å². The van der Waals surface area contributed by atoms with E-state index in [4.69, 9.17) is 18.3 Å². The first kappa shape index (κ1) is 23.5. The second-order valence-electron chi connectivity index (χ2n) is 8.64. The molecule has 1 aliphatic rings. The summed E-state index contributed by atoms with van der Waals surface area (Å²) >= 11 is 0. The van der Waals surface area contributed by atoms with Crippen molar-refractivity contribution in [2.45, 2.75) is 23.7 Å². The molecule has 5 rings (SSSR count). The second kappa shape index (κ2) is 9.45. The van der Waals surface area contributed by atoms with Crippen molar-refractivity contribution in [3.63, 3.8) is 0 Å². The minimum Gasteiger partial charge on any atom is -0.496 e. The van der Waals surface area contributed by atoms with Crippen LogP contribution >= 0.6 is 0 Å². The van der Waals surface area contributed by atoms with E-state index in [1.807, 2.05) is 0 Å². The summed E-state index contributed by atoms with van der Waals surface area (Å²) in [4.78, 5) is 24.7. The third-order valence-electron chi connectivity index (χ3n) is 6.71. The summed E-state index contributed by atoms with van der Waals surface area (Å²) in [6.07, 6.45) is 0. The van der Waals surface area contributed by atoms with Crippen LogP contribution in [-0.2, 0) is 0 Å². The van der Waals surface area contributed by atoms with E-state index in [0.717, 1.165) is 11.1 Å². The van der Waals surface area contributed by atoms with E-state index in [-0.39, 0.29) is 11.8 Å². The zero-order valence-corrected chi connectivity index (χ0v) is 19.4. The van der Waals surface area contributed by atoms with Crippen LogP contribution in [0.5, 0.6) is 11.5 Å². The topological polar surface area (TPSA) is 78.9 Å². The number of rotatable bonds is 6. The molecule has 36 heavy (non-hydrogen) atoms. The smallest absolute Gasteiger partial charge is 0.339 e. The first-order chi connectivity index (χ1) is 17.4. The first-order valence-electron chi connectivity index (χ1n) is 11.3. The van der Waals surface area contributed by atoms with Crippen LogP contribution in [0.25, 0.3) is 0 Å². The number of methoxy groups -OCH3 is 2. The van der Waals surface area contributed by atoms with Gasteiger partial charge in [0.15, 0.2) is 0 Å². The predicted octanol–water partition coefficient (Wildman–Crippen LogP) is 5.34. The zero-order valence-electron chi connectivity index (χ0n) is 19.4. The first-order valence-corrected chi connectivity index (χ1v) is 11.3. The Labute approximate surface area is 204 Å². The molecular weight excluding hydrogens is 470 g/mol. The summed E-state index contributed by atoms with van der Waals surface area (Å²) in [6, 6.07) is 17.7. The zero-order chi connectivity index (χ0) is 25.4. The van der Waals surface area contributed by atoms with Gasteiger partial charge in [0.2, 0.25) is 0 Å². The second-order valence-corrected chi connectivity index (χ2v) is 8.64. The number of benzene rings is 2. The van der Waals surface area contributed by atoms with Gasteiger partial charge in [0.25, 0.3) is 0 Å². The Hall–Kier alpha value is -4.20. The van der Waals surface area contributed by atoms with Gasteiger partial charge >= 0.3 is 11.3 Å². The van der Waals surface area contributed by atoms with Crippen LogP contribution in [0.4, 0.5) is 8.78 Å². The van der Waals surface area contributed by atoms with Gasteiger partial charge in [-0.05, 0) is 35.4 Å². The molecule has 0 radical (unpaired) electrons. The highest BCUT2D eigenvalue weighted by atomic mass is 19.1. The molecule has 184 valence electrons. The maximum atomic E-state index is 13.8. The quantitative estimate of drug-likeness (QED) is 0.362. The Morgan fingerprint density at radius 1 is 0.583 bits per heavy atom. The molecule has 1 fully saturated rings. The summed E-state index contributed by atoms with van der Waals surface area (Å²) in [7, 11) is 2.89. The van der Waals surface area contributed by atoms with E-state index in [2.05, 4.69) is 0 Å². The standard InChI is InChI=1S/C28H22F2O6/c1-33-19-11-21(35-23(31)13-19)27-25(15-3-7-17(29)8-4-15)28(22-12-20(34-2)14-24(32)36-22)26(27)16-5-9-18(30)10-6-16/h3-14,25-28H,1-2H3. The van der Waals surface area contributed by atoms with Gasteiger partial charge < -0.3 is 18.3 Å². The third kappa shape index (κ3) is 4.30. The highest BCUT2D eigenvalue weighted by Crippen LogP contribution is 2.66. The highest BCUT2D eigenvalue weighted by Gasteiger charge is 2.55. The molecule has 1 saturated carbocycles. The Morgan fingerprint density at radius 2 is 0.944 bits per heavy atom. The summed E-state index contributed by atoms with van der Waals surface area (Å²) in [6.45, 7) is 0. The van der Waals surface area contributed by atoms with Gasteiger partial charge in [-0.3, -0.25) is 0 Å². The van der Waals surface area contributed by atoms with Crippen molar-refractivity contribution in [2.75, 3.05) is 14.2 Å². The van der Waals surface area contributed by atoms with Crippen LogP contribution in [-0.4, -0.2) is 14.2 Å². The molecule has 0 unspecified atom stereocenters. The van der Waals surface area contributed by atoms with Crippen molar-refractivity contribution in [1.29, 1.82) is 0 Å². The van der Waals surface area contributed by atoms with Crippen molar-refractivity contribution in [2.24, 2.45) is 0 Å². The summed E-state index contributed by atoms with van der Waals surface area (Å²) in [5.41, 5.74) is 0.328. The van der Waals surface area contributed by atoms with E-state index in [1.165, 1.54) is 50.6 Å². The van der Waals surface area contributed by atoms with Gasteiger partial charge in [-0.15, -0.1) is 0 Å². The Morgan fingerprint density at radius 3 is 1.28 bits per heavy atom. The molecule has 0 atom stereocenters. The number of hydrogen-bond acceptors (Lipinski definition) is 6. The summed E-state index contributed by atoms with van der Waals surface area (Å²) in [5.74, 6) is -1.09. The van der Waals surface area contributed by atoms with Gasteiger partial charge in [0.05, 0.1) is 26.4 Å². The molecule has 1 aliphatic carbocycles. The van der Waals surface area contributed by atoms with E-state index in [0.29, 0.717) is 23.0 Å². The van der Waals surface area contributed by atoms with Crippen molar-refractivity contribution >= 4 is 0 Å². The molecule has 4 aromatic rings. The lowest BCUT2D eigenvalue weighted by atomic mass is 9.51. The van der Waals surface area contributed by atoms with E-state index >= 15 is 0 Å². The molecule has 8 heteroatoms. The predicted molar refractivity (Wildman–Crippen MR) is 127 cm³/mol. The lowest BCUT2D eigenvalue weighted by molar-refractivity contribution is 0.167. The van der Waals surface area contributed by atoms with Gasteiger partial charge in [0.1, 0.15) is 34.7 Å². The van der Waals surface area contributed by atoms with Crippen LogP contribution in [0.15, 0.2) is 91.2 Å². The van der Waals surface area contributed by atoms with Gasteiger partial charge in [0, 0.05) is 35.8 Å². The lowest BCUT2D eigenvalue weighted by Crippen LogP contribution is -2.40. The van der Waals surface area contributed by atoms with E-state index < -0.39 is 34.7 Å².